The monoisotopic (exact) mass is 240 g/mol. The molecule has 1 aliphatic carbocycles. The van der Waals surface area contributed by atoms with Crippen molar-refractivity contribution < 1.29 is 14.7 Å². The number of nitrogens with zero attached hydrogens (tertiary/aromatic N) is 1. The normalized spacial score (nSPS) is 25.2. The van der Waals surface area contributed by atoms with Gasteiger partial charge in [0.05, 0.1) is 0 Å². The van der Waals surface area contributed by atoms with Gasteiger partial charge in [-0.2, -0.15) is 0 Å². The van der Waals surface area contributed by atoms with Crippen molar-refractivity contribution in [3.8, 4) is 0 Å². The standard InChI is InChI=1S/C12H20N2O3/c15-11(16)7-9-5-6-14(8-9)12(17)13-10-3-1-2-4-10/h9-10H,1-8H2,(H,13,17)(H,15,16). The first-order valence-electron chi connectivity index (χ1n) is 6.42. The Kier molecular flexibility index (Phi) is 3.86. The van der Waals surface area contributed by atoms with Gasteiger partial charge >= 0.3 is 12.0 Å². The Bertz CT molecular complexity index is 300. The lowest BCUT2D eigenvalue weighted by Crippen LogP contribution is -2.42. The SMILES string of the molecule is O=C(O)CC1CCN(C(=O)NC2CCCC2)C1. The lowest BCUT2D eigenvalue weighted by molar-refractivity contribution is -0.138. The zero-order valence-corrected chi connectivity index (χ0v) is 10.0. The van der Waals surface area contributed by atoms with Crippen molar-refractivity contribution in [3.63, 3.8) is 0 Å². The van der Waals surface area contributed by atoms with Gasteiger partial charge in [-0.05, 0) is 25.2 Å². The zero-order chi connectivity index (χ0) is 12.3. The molecule has 1 saturated carbocycles. The number of carbonyl (C=O) groups excluding carboxylic acids is 1. The van der Waals surface area contributed by atoms with Gasteiger partial charge < -0.3 is 15.3 Å². The van der Waals surface area contributed by atoms with Crippen LogP contribution in [0.15, 0.2) is 0 Å². The number of urea groups is 1. The summed E-state index contributed by atoms with van der Waals surface area (Å²) in [7, 11) is 0. The Hall–Kier alpha value is -1.26. The maximum absolute atomic E-state index is 11.9. The lowest BCUT2D eigenvalue weighted by atomic mass is 10.1. The third-order valence-electron chi connectivity index (χ3n) is 3.72. The molecule has 2 fully saturated rings. The Morgan fingerprint density at radius 3 is 2.59 bits per heavy atom. The van der Waals surface area contributed by atoms with Gasteiger partial charge in [-0.25, -0.2) is 4.79 Å². The number of carboxylic acids is 1. The molecule has 2 amide bonds. The third kappa shape index (κ3) is 3.35. The van der Waals surface area contributed by atoms with Crippen LogP contribution in [0.1, 0.15) is 38.5 Å². The summed E-state index contributed by atoms with van der Waals surface area (Å²) in [5.41, 5.74) is 0. The van der Waals surface area contributed by atoms with Crippen LogP contribution in [-0.2, 0) is 4.79 Å². The quantitative estimate of drug-likeness (QED) is 0.784. The predicted octanol–water partition coefficient (Wildman–Crippen LogP) is 1.44. The summed E-state index contributed by atoms with van der Waals surface area (Å²) in [6.07, 6.45) is 5.55. The van der Waals surface area contributed by atoms with E-state index in [-0.39, 0.29) is 18.4 Å². The van der Waals surface area contributed by atoms with E-state index in [2.05, 4.69) is 5.32 Å². The molecule has 2 N–H and O–H groups in total. The van der Waals surface area contributed by atoms with Gasteiger partial charge in [0.2, 0.25) is 0 Å². The summed E-state index contributed by atoms with van der Waals surface area (Å²) in [4.78, 5) is 24.2. The van der Waals surface area contributed by atoms with Crippen molar-refractivity contribution in [3.05, 3.63) is 0 Å². The molecule has 2 rings (SSSR count). The molecule has 17 heavy (non-hydrogen) atoms. The highest BCUT2D eigenvalue weighted by atomic mass is 16.4. The molecule has 0 bridgehead atoms. The number of amides is 2. The maximum Gasteiger partial charge on any atom is 0.317 e. The van der Waals surface area contributed by atoms with Crippen LogP contribution in [0.2, 0.25) is 0 Å². The van der Waals surface area contributed by atoms with Crippen LogP contribution in [-0.4, -0.2) is 41.1 Å². The molecular formula is C12H20N2O3. The molecule has 1 saturated heterocycles. The van der Waals surface area contributed by atoms with E-state index in [0.29, 0.717) is 19.1 Å². The van der Waals surface area contributed by atoms with E-state index in [1.54, 1.807) is 4.90 Å². The Morgan fingerprint density at radius 2 is 1.94 bits per heavy atom. The van der Waals surface area contributed by atoms with Crippen molar-refractivity contribution >= 4 is 12.0 Å². The highest BCUT2D eigenvalue weighted by molar-refractivity contribution is 5.75. The second kappa shape index (κ2) is 5.38. The summed E-state index contributed by atoms with van der Waals surface area (Å²) >= 11 is 0. The number of aliphatic carboxylic acids is 1. The molecule has 0 radical (unpaired) electrons. The number of nitrogens with one attached hydrogen (secondary N) is 1. The maximum atomic E-state index is 11.9. The lowest BCUT2D eigenvalue weighted by Gasteiger charge is -2.20. The Labute approximate surface area is 101 Å². The van der Waals surface area contributed by atoms with Crippen LogP contribution < -0.4 is 5.32 Å². The summed E-state index contributed by atoms with van der Waals surface area (Å²) in [6, 6.07) is 0.325. The number of hydrogen-bond donors (Lipinski definition) is 2. The van der Waals surface area contributed by atoms with Crippen LogP contribution in [0.4, 0.5) is 4.79 Å². The van der Waals surface area contributed by atoms with Gasteiger partial charge in [-0.1, -0.05) is 12.8 Å². The highest BCUT2D eigenvalue weighted by Gasteiger charge is 2.29. The zero-order valence-electron chi connectivity index (χ0n) is 10.0. The molecule has 0 aromatic carbocycles. The van der Waals surface area contributed by atoms with E-state index in [0.717, 1.165) is 19.3 Å². The molecule has 5 nitrogen and oxygen atoms in total. The minimum atomic E-state index is -0.770. The minimum absolute atomic E-state index is 0.00945. The van der Waals surface area contributed by atoms with Gasteiger partial charge in [-0.3, -0.25) is 4.79 Å². The first-order chi connectivity index (χ1) is 8.15. The molecule has 1 aliphatic heterocycles. The second-order valence-electron chi connectivity index (χ2n) is 5.13. The molecule has 1 atom stereocenters. The van der Waals surface area contributed by atoms with E-state index in [9.17, 15) is 9.59 Å². The van der Waals surface area contributed by atoms with Gasteiger partial charge in [-0.15, -0.1) is 0 Å². The van der Waals surface area contributed by atoms with Crippen LogP contribution in [0, 0.1) is 5.92 Å². The smallest absolute Gasteiger partial charge is 0.317 e. The van der Waals surface area contributed by atoms with E-state index >= 15 is 0 Å². The first-order valence-corrected chi connectivity index (χ1v) is 6.42. The minimum Gasteiger partial charge on any atom is -0.481 e. The summed E-state index contributed by atoms with van der Waals surface area (Å²) in [5.74, 6) is -0.644. The van der Waals surface area contributed by atoms with Crippen LogP contribution in [0.25, 0.3) is 0 Å². The van der Waals surface area contributed by atoms with Crippen LogP contribution >= 0.6 is 0 Å². The van der Waals surface area contributed by atoms with E-state index in [1.165, 1.54) is 12.8 Å². The number of rotatable bonds is 3. The fourth-order valence-corrected chi connectivity index (χ4v) is 2.77. The average Bonchev–Trinajstić information content (AvgIpc) is 2.87. The van der Waals surface area contributed by atoms with Gasteiger partial charge in [0, 0.05) is 25.6 Å². The molecule has 0 spiro atoms. The summed E-state index contributed by atoms with van der Waals surface area (Å²) < 4.78 is 0. The molecule has 1 heterocycles. The summed E-state index contributed by atoms with van der Waals surface area (Å²) in [6.45, 7) is 1.28. The van der Waals surface area contributed by atoms with Crippen molar-refractivity contribution in [1.82, 2.24) is 10.2 Å². The average molecular weight is 240 g/mol. The number of carboxylic acid groups (broad SMARTS) is 1. The summed E-state index contributed by atoms with van der Waals surface area (Å²) in [5, 5.41) is 11.7. The first kappa shape index (κ1) is 12.2. The fourth-order valence-electron chi connectivity index (χ4n) is 2.77. The van der Waals surface area contributed by atoms with Gasteiger partial charge in [0.1, 0.15) is 0 Å². The topological polar surface area (TPSA) is 69.6 Å². The van der Waals surface area contributed by atoms with Crippen molar-refractivity contribution in [2.24, 2.45) is 5.92 Å². The number of likely N-dealkylation sites (tertiary alicyclic amines) is 1. The molecule has 5 heteroatoms. The molecule has 0 aromatic heterocycles. The highest BCUT2D eigenvalue weighted by Crippen LogP contribution is 2.21. The van der Waals surface area contributed by atoms with Crippen LogP contribution in [0.5, 0.6) is 0 Å². The Morgan fingerprint density at radius 1 is 1.24 bits per heavy atom. The Balaban J connectivity index is 1.75. The predicted molar refractivity (Wildman–Crippen MR) is 62.7 cm³/mol. The molecule has 0 aromatic rings. The van der Waals surface area contributed by atoms with Crippen molar-refractivity contribution in [2.45, 2.75) is 44.6 Å². The van der Waals surface area contributed by atoms with Crippen molar-refractivity contribution in [1.29, 1.82) is 0 Å². The number of hydrogen-bond acceptors (Lipinski definition) is 2. The third-order valence-corrected chi connectivity index (χ3v) is 3.72. The fraction of sp³-hybridized carbons (Fsp3) is 0.833. The van der Waals surface area contributed by atoms with Crippen LogP contribution in [0.3, 0.4) is 0 Å². The number of carbonyl (C=O) groups is 2. The molecule has 96 valence electrons. The van der Waals surface area contributed by atoms with E-state index in [1.807, 2.05) is 0 Å². The largest absolute Gasteiger partial charge is 0.481 e. The molecule has 2 aliphatic rings. The van der Waals surface area contributed by atoms with Crippen molar-refractivity contribution in [2.75, 3.05) is 13.1 Å². The van der Waals surface area contributed by atoms with Gasteiger partial charge in [0.15, 0.2) is 0 Å². The van der Waals surface area contributed by atoms with E-state index < -0.39 is 5.97 Å². The molecular weight excluding hydrogens is 220 g/mol. The van der Waals surface area contributed by atoms with E-state index in [4.69, 9.17) is 5.11 Å². The molecule has 1 unspecified atom stereocenters. The second-order valence-corrected chi connectivity index (χ2v) is 5.13. The van der Waals surface area contributed by atoms with Gasteiger partial charge in [0.25, 0.3) is 0 Å².